The van der Waals surface area contributed by atoms with Crippen LogP contribution in [0.1, 0.15) is 25.0 Å². The van der Waals surface area contributed by atoms with Crippen LogP contribution in [-0.2, 0) is 4.74 Å². The van der Waals surface area contributed by atoms with Crippen molar-refractivity contribution < 1.29 is 14.6 Å². The van der Waals surface area contributed by atoms with Crippen LogP contribution in [0, 0.1) is 5.92 Å². The Labute approximate surface area is 144 Å². The molecule has 0 saturated carbocycles. The van der Waals surface area contributed by atoms with Crippen LogP contribution in [0.3, 0.4) is 0 Å². The molecule has 1 N–H and O–H groups in total. The Kier molecular flexibility index (Phi) is 8.37. The van der Waals surface area contributed by atoms with Gasteiger partial charge in [-0.15, -0.1) is 0 Å². The van der Waals surface area contributed by atoms with E-state index in [1.165, 1.54) is 0 Å². The molecule has 0 spiro atoms. The zero-order chi connectivity index (χ0) is 17.9. The number of hydrogen-bond donors (Lipinski definition) is 1. The van der Waals surface area contributed by atoms with Crippen molar-refractivity contribution >= 4 is 12.2 Å². The van der Waals surface area contributed by atoms with Gasteiger partial charge in [0, 0.05) is 24.2 Å². The van der Waals surface area contributed by atoms with Gasteiger partial charge in [0.1, 0.15) is 11.5 Å². The number of phenolic OH excluding ortho intramolecular Hbond substituents is 1. The van der Waals surface area contributed by atoms with Crippen molar-refractivity contribution in [2.75, 3.05) is 7.11 Å². The van der Waals surface area contributed by atoms with Crippen LogP contribution in [0.25, 0.3) is 12.2 Å². The molecule has 128 valence electrons. The molecule has 3 nitrogen and oxygen atoms in total. The van der Waals surface area contributed by atoms with Crippen LogP contribution in [0.4, 0.5) is 0 Å². The summed E-state index contributed by atoms with van der Waals surface area (Å²) < 4.78 is 11.0. The SMILES string of the molecule is C=Cc1ccccc1O.C=Cc1ccccc1OC(OC)C(C)C. The van der Waals surface area contributed by atoms with E-state index in [1.807, 2.05) is 36.4 Å². The Morgan fingerprint density at radius 3 is 1.92 bits per heavy atom. The highest BCUT2D eigenvalue weighted by atomic mass is 16.7. The third-order valence-electron chi connectivity index (χ3n) is 3.32. The second kappa shape index (κ2) is 10.3. The summed E-state index contributed by atoms with van der Waals surface area (Å²) in [6.45, 7) is 11.4. The van der Waals surface area contributed by atoms with E-state index in [0.29, 0.717) is 5.92 Å². The largest absolute Gasteiger partial charge is 0.507 e. The summed E-state index contributed by atoms with van der Waals surface area (Å²) in [5.41, 5.74) is 1.76. The first-order chi connectivity index (χ1) is 11.5. The molecular formula is C21H26O3. The molecule has 0 fully saturated rings. The summed E-state index contributed by atoms with van der Waals surface area (Å²) in [6.07, 6.45) is 3.18. The molecular weight excluding hydrogens is 300 g/mol. The van der Waals surface area contributed by atoms with Crippen molar-refractivity contribution in [2.24, 2.45) is 5.92 Å². The maximum absolute atomic E-state index is 9.04. The molecule has 24 heavy (non-hydrogen) atoms. The van der Waals surface area contributed by atoms with Crippen LogP contribution >= 0.6 is 0 Å². The van der Waals surface area contributed by atoms with Crippen LogP contribution in [0.2, 0.25) is 0 Å². The second-order valence-corrected chi connectivity index (χ2v) is 5.47. The Morgan fingerprint density at radius 1 is 0.917 bits per heavy atom. The van der Waals surface area contributed by atoms with E-state index < -0.39 is 0 Å². The van der Waals surface area contributed by atoms with Gasteiger partial charge >= 0.3 is 0 Å². The van der Waals surface area contributed by atoms with Crippen LogP contribution in [0.5, 0.6) is 11.5 Å². The van der Waals surface area contributed by atoms with E-state index in [1.54, 1.807) is 31.4 Å². The van der Waals surface area contributed by atoms with E-state index in [0.717, 1.165) is 16.9 Å². The minimum Gasteiger partial charge on any atom is -0.507 e. The first-order valence-electron chi connectivity index (χ1n) is 7.84. The second-order valence-electron chi connectivity index (χ2n) is 5.47. The van der Waals surface area contributed by atoms with E-state index in [9.17, 15) is 0 Å². The molecule has 0 aliphatic rings. The Hall–Kier alpha value is -2.52. The average molecular weight is 326 g/mol. The van der Waals surface area contributed by atoms with Gasteiger partial charge in [-0.2, -0.15) is 0 Å². The molecule has 1 atom stereocenters. The van der Waals surface area contributed by atoms with Crippen molar-refractivity contribution in [1.82, 2.24) is 0 Å². The molecule has 0 aliphatic heterocycles. The molecule has 1 unspecified atom stereocenters. The fourth-order valence-corrected chi connectivity index (χ4v) is 2.00. The first-order valence-corrected chi connectivity index (χ1v) is 7.84. The van der Waals surface area contributed by atoms with Gasteiger partial charge in [0.2, 0.25) is 6.29 Å². The molecule has 0 bridgehead atoms. The molecule has 2 aromatic rings. The fourth-order valence-electron chi connectivity index (χ4n) is 2.00. The number of hydrogen-bond acceptors (Lipinski definition) is 3. The number of benzene rings is 2. The van der Waals surface area contributed by atoms with Crippen molar-refractivity contribution in [3.8, 4) is 11.5 Å². The molecule has 0 radical (unpaired) electrons. The van der Waals surface area contributed by atoms with Gasteiger partial charge in [-0.05, 0) is 12.1 Å². The lowest BCUT2D eigenvalue weighted by molar-refractivity contribution is -0.0834. The van der Waals surface area contributed by atoms with E-state index >= 15 is 0 Å². The quantitative estimate of drug-likeness (QED) is 0.725. The number of rotatable bonds is 6. The zero-order valence-electron chi connectivity index (χ0n) is 14.6. The number of methoxy groups -OCH3 is 1. The maximum atomic E-state index is 9.04. The molecule has 0 aromatic heterocycles. The first kappa shape index (κ1) is 19.5. The van der Waals surface area contributed by atoms with Crippen molar-refractivity contribution in [3.63, 3.8) is 0 Å². The summed E-state index contributed by atoms with van der Waals surface area (Å²) in [5.74, 6) is 1.41. The minimum atomic E-state index is -0.217. The highest BCUT2D eigenvalue weighted by molar-refractivity contribution is 5.55. The molecule has 0 saturated heterocycles. The Balaban J connectivity index is 0.000000272. The van der Waals surface area contributed by atoms with Crippen LogP contribution < -0.4 is 4.74 Å². The van der Waals surface area contributed by atoms with Crippen LogP contribution in [0.15, 0.2) is 61.7 Å². The summed E-state index contributed by atoms with van der Waals surface area (Å²) >= 11 is 0. The third-order valence-corrected chi connectivity index (χ3v) is 3.32. The molecule has 2 aromatic carbocycles. The lowest BCUT2D eigenvalue weighted by atomic mass is 10.2. The van der Waals surface area contributed by atoms with Gasteiger partial charge in [0.15, 0.2) is 0 Å². The number of ether oxygens (including phenoxy) is 2. The molecule has 0 amide bonds. The zero-order valence-corrected chi connectivity index (χ0v) is 14.6. The van der Waals surface area contributed by atoms with Crippen molar-refractivity contribution in [2.45, 2.75) is 20.1 Å². The number of para-hydroxylation sites is 2. The summed E-state index contributed by atoms with van der Waals surface area (Å²) in [7, 11) is 1.65. The lowest BCUT2D eigenvalue weighted by Gasteiger charge is -2.21. The van der Waals surface area contributed by atoms with E-state index in [2.05, 4.69) is 27.0 Å². The predicted molar refractivity (Wildman–Crippen MR) is 101 cm³/mol. The minimum absolute atomic E-state index is 0.217. The normalized spacial score (nSPS) is 11.2. The Morgan fingerprint density at radius 2 is 1.46 bits per heavy atom. The topological polar surface area (TPSA) is 38.7 Å². The third kappa shape index (κ3) is 5.94. The molecule has 3 heteroatoms. The van der Waals surface area contributed by atoms with Gasteiger partial charge in [-0.3, -0.25) is 0 Å². The Bertz CT molecular complexity index is 647. The highest BCUT2D eigenvalue weighted by Crippen LogP contribution is 2.22. The summed E-state index contributed by atoms with van der Waals surface area (Å²) in [5, 5.41) is 9.04. The molecule has 0 heterocycles. The number of aromatic hydroxyl groups is 1. The highest BCUT2D eigenvalue weighted by Gasteiger charge is 2.14. The van der Waals surface area contributed by atoms with E-state index in [-0.39, 0.29) is 12.0 Å². The lowest BCUT2D eigenvalue weighted by Crippen LogP contribution is -2.25. The smallest absolute Gasteiger partial charge is 0.201 e. The van der Waals surface area contributed by atoms with Crippen LogP contribution in [-0.4, -0.2) is 18.5 Å². The standard InChI is InChI=1S/C13H18O2.C8H8O/c1-5-11-8-6-7-9-12(11)15-13(14-4)10(2)3;1-2-7-5-3-4-6-8(7)9/h5-10,13H,1H2,2-4H3;2-6,9H,1H2. The van der Waals surface area contributed by atoms with Crippen molar-refractivity contribution in [3.05, 3.63) is 72.8 Å². The average Bonchev–Trinajstić information content (AvgIpc) is 2.60. The van der Waals surface area contributed by atoms with E-state index in [4.69, 9.17) is 14.6 Å². The fraction of sp³-hybridized carbons (Fsp3) is 0.238. The van der Waals surface area contributed by atoms with Crippen molar-refractivity contribution in [1.29, 1.82) is 0 Å². The van der Waals surface area contributed by atoms with Gasteiger partial charge < -0.3 is 14.6 Å². The van der Waals surface area contributed by atoms with Gasteiger partial charge in [0.05, 0.1) is 0 Å². The maximum Gasteiger partial charge on any atom is 0.201 e. The monoisotopic (exact) mass is 326 g/mol. The van der Waals surface area contributed by atoms with Gasteiger partial charge in [0.25, 0.3) is 0 Å². The predicted octanol–water partition coefficient (Wildman–Crippen LogP) is 5.37. The van der Waals surface area contributed by atoms with Gasteiger partial charge in [-0.25, -0.2) is 0 Å². The van der Waals surface area contributed by atoms with Gasteiger partial charge in [-0.1, -0.05) is 75.6 Å². The molecule has 0 aliphatic carbocycles. The number of phenols is 1. The summed E-state index contributed by atoms with van der Waals surface area (Å²) in [4.78, 5) is 0. The molecule has 2 rings (SSSR count). The summed E-state index contributed by atoms with van der Waals surface area (Å²) in [6, 6.07) is 14.9.